The zero-order chi connectivity index (χ0) is 13.4. The van der Waals surface area contributed by atoms with Gasteiger partial charge in [-0.25, -0.2) is 4.98 Å². The van der Waals surface area contributed by atoms with E-state index in [1.54, 1.807) is 11.3 Å². The van der Waals surface area contributed by atoms with Crippen molar-refractivity contribution < 1.29 is 0 Å². The number of aromatic nitrogens is 1. The molecule has 0 atom stereocenters. The highest BCUT2D eigenvalue weighted by molar-refractivity contribution is 7.22. The number of hydrogen-bond acceptors (Lipinski definition) is 4. The maximum Gasteiger partial charge on any atom is 0.184 e. The number of rotatable bonds is 3. The molecule has 5 heteroatoms. The molecule has 3 aromatic rings. The summed E-state index contributed by atoms with van der Waals surface area (Å²) in [5, 5.41) is 5.07. The van der Waals surface area contributed by atoms with E-state index in [2.05, 4.69) is 30.2 Å². The number of halogens is 1. The van der Waals surface area contributed by atoms with Gasteiger partial charge in [0.15, 0.2) is 5.13 Å². The SMILES string of the molecule is Cc1cc(CNc2nc3cccc(Cl)c3s2)sc1C. The van der Waals surface area contributed by atoms with E-state index in [1.807, 2.05) is 29.5 Å². The number of aryl methyl sites for hydroxylation is 2. The Morgan fingerprint density at radius 1 is 1.26 bits per heavy atom. The van der Waals surface area contributed by atoms with Gasteiger partial charge in [-0.3, -0.25) is 0 Å². The summed E-state index contributed by atoms with van der Waals surface area (Å²) in [6.07, 6.45) is 0. The van der Waals surface area contributed by atoms with E-state index in [0.29, 0.717) is 0 Å². The van der Waals surface area contributed by atoms with Crippen LogP contribution >= 0.6 is 34.3 Å². The molecule has 98 valence electrons. The summed E-state index contributed by atoms with van der Waals surface area (Å²) in [4.78, 5) is 7.26. The number of nitrogens with one attached hydrogen (secondary N) is 1. The third kappa shape index (κ3) is 2.61. The van der Waals surface area contributed by atoms with Gasteiger partial charge in [-0.1, -0.05) is 29.0 Å². The van der Waals surface area contributed by atoms with Gasteiger partial charge in [0.1, 0.15) is 0 Å². The van der Waals surface area contributed by atoms with Crippen LogP contribution in [0.2, 0.25) is 5.02 Å². The molecule has 3 rings (SSSR count). The maximum atomic E-state index is 6.16. The molecule has 0 amide bonds. The van der Waals surface area contributed by atoms with Crippen molar-refractivity contribution >= 4 is 49.6 Å². The fourth-order valence-electron chi connectivity index (χ4n) is 1.89. The molecule has 1 N–H and O–H groups in total. The van der Waals surface area contributed by atoms with Gasteiger partial charge < -0.3 is 5.32 Å². The predicted octanol–water partition coefficient (Wildman–Crippen LogP) is 5.24. The second-order valence-corrected chi connectivity index (χ2v) is 7.16. The highest BCUT2D eigenvalue weighted by Gasteiger charge is 2.07. The van der Waals surface area contributed by atoms with Crippen molar-refractivity contribution in [1.29, 1.82) is 0 Å². The predicted molar refractivity (Wildman–Crippen MR) is 85.7 cm³/mol. The van der Waals surface area contributed by atoms with Crippen molar-refractivity contribution in [3.05, 3.63) is 44.6 Å². The van der Waals surface area contributed by atoms with Crippen molar-refractivity contribution in [3.8, 4) is 0 Å². The fraction of sp³-hybridized carbons (Fsp3) is 0.214. The molecule has 2 aromatic heterocycles. The van der Waals surface area contributed by atoms with E-state index in [4.69, 9.17) is 11.6 Å². The zero-order valence-electron chi connectivity index (χ0n) is 10.7. The van der Waals surface area contributed by atoms with Crippen LogP contribution in [0, 0.1) is 13.8 Å². The van der Waals surface area contributed by atoms with Crippen molar-refractivity contribution in [1.82, 2.24) is 4.98 Å². The summed E-state index contributed by atoms with van der Waals surface area (Å²) in [6, 6.07) is 8.05. The molecule has 0 bridgehead atoms. The maximum absolute atomic E-state index is 6.16. The molecule has 0 unspecified atom stereocenters. The Kier molecular flexibility index (Phi) is 3.48. The Morgan fingerprint density at radius 2 is 2.11 bits per heavy atom. The minimum atomic E-state index is 0.769. The second-order valence-electron chi connectivity index (χ2n) is 4.41. The summed E-state index contributed by atoms with van der Waals surface area (Å²) in [5.74, 6) is 0. The molecular weight excluding hydrogens is 296 g/mol. The number of benzene rings is 1. The lowest BCUT2D eigenvalue weighted by Gasteiger charge is -1.98. The molecule has 0 aliphatic carbocycles. The zero-order valence-corrected chi connectivity index (χ0v) is 13.0. The lowest BCUT2D eigenvalue weighted by atomic mass is 10.3. The summed E-state index contributed by atoms with van der Waals surface area (Å²) in [5.41, 5.74) is 2.31. The van der Waals surface area contributed by atoms with E-state index in [1.165, 1.54) is 15.3 Å². The average Bonchev–Trinajstić information content (AvgIpc) is 2.92. The molecule has 0 aliphatic rings. The van der Waals surface area contributed by atoms with Crippen LogP contribution in [0.3, 0.4) is 0 Å². The summed E-state index contributed by atoms with van der Waals surface area (Å²) in [7, 11) is 0. The van der Waals surface area contributed by atoms with Crippen molar-refractivity contribution in [2.75, 3.05) is 5.32 Å². The van der Waals surface area contributed by atoms with Crippen LogP contribution in [0.15, 0.2) is 24.3 Å². The van der Waals surface area contributed by atoms with Gasteiger partial charge in [0.05, 0.1) is 21.8 Å². The molecule has 0 saturated carbocycles. The van der Waals surface area contributed by atoms with Crippen molar-refractivity contribution in [2.24, 2.45) is 0 Å². The molecule has 2 nitrogen and oxygen atoms in total. The van der Waals surface area contributed by atoms with Gasteiger partial charge >= 0.3 is 0 Å². The van der Waals surface area contributed by atoms with Gasteiger partial charge in [0, 0.05) is 9.75 Å². The van der Waals surface area contributed by atoms with Crippen LogP contribution in [0.1, 0.15) is 15.3 Å². The standard InChI is InChI=1S/C14H13ClN2S2/c1-8-6-10(18-9(8)2)7-16-14-17-12-5-3-4-11(15)13(12)19-14/h3-6H,7H2,1-2H3,(H,16,17). The third-order valence-corrected chi connectivity index (χ3v) is 5.64. The van der Waals surface area contributed by atoms with Crippen LogP contribution in [0.5, 0.6) is 0 Å². The summed E-state index contributed by atoms with van der Waals surface area (Å²) >= 11 is 9.59. The number of nitrogens with zero attached hydrogens (tertiary/aromatic N) is 1. The number of anilines is 1. The van der Waals surface area contributed by atoms with Gasteiger partial charge in [-0.2, -0.15) is 0 Å². The van der Waals surface area contributed by atoms with Crippen LogP contribution in [-0.4, -0.2) is 4.98 Å². The van der Waals surface area contributed by atoms with Gasteiger partial charge in [0.2, 0.25) is 0 Å². The normalized spacial score (nSPS) is 11.1. The van der Waals surface area contributed by atoms with E-state index in [0.717, 1.165) is 26.9 Å². The first-order valence-electron chi connectivity index (χ1n) is 5.98. The molecule has 0 fully saturated rings. The summed E-state index contributed by atoms with van der Waals surface area (Å²) < 4.78 is 1.05. The topological polar surface area (TPSA) is 24.9 Å². The van der Waals surface area contributed by atoms with Crippen LogP contribution < -0.4 is 5.32 Å². The minimum absolute atomic E-state index is 0.769. The van der Waals surface area contributed by atoms with Gasteiger partial charge in [-0.05, 0) is 37.6 Å². The molecule has 0 aliphatic heterocycles. The van der Waals surface area contributed by atoms with E-state index >= 15 is 0 Å². The highest BCUT2D eigenvalue weighted by Crippen LogP contribution is 2.32. The van der Waals surface area contributed by atoms with E-state index in [9.17, 15) is 0 Å². The Hall–Kier alpha value is -1.10. The molecule has 0 spiro atoms. The summed E-state index contributed by atoms with van der Waals surface area (Å²) in [6.45, 7) is 5.12. The lowest BCUT2D eigenvalue weighted by Crippen LogP contribution is -1.96. The molecule has 0 radical (unpaired) electrons. The van der Waals surface area contributed by atoms with Crippen LogP contribution in [-0.2, 0) is 6.54 Å². The van der Waals surface area contributed by atoms with Gasteiger partial charge in [-0.15, -0.1) is 11.3 Å². The van der Waals surface area contributed by atoms with Crippen molar-refractivity contribution in [2.45, 2.75) is 20.4 Å². The first-order valence-corrected chi connectivity index (χ1v) is 7.99. The smallest absolute Gasteiger partial charge is 0.184 e. The van der Waals surface area contributed by atoms with E-state index < -0.39 is 0 Å². The van der Waals surface area contributed by atoms with E-state index in [-0.39, 0.29) is 0 Å². The first-order chi connectivity index (χ1) is 9.13. The minimum Gasteiger partial charge on any atom is -0.357 e. The Bertz CT molecular complexity index is 711. The van der Waals surface area contributed by atoms with Crippen LogP contribution in [0.25, 0.3) is 10.2 Å². The number of thiophene rings is 1. The lowest BCUT2D eigenvalue weighted by molar-refractivity contribution is 1.17. The number of fused-ring (bicyclic) bond motifs is 1. The Morgan fingerprint density at radius 3 is 2.79 bits per heavy atom. The Labute approximate surface area is 125 Å². The number of hydrogen-bond donors (Lipinski definition) is 1. The second kappa shape index (κ2) is 5.12. The van der Waals surface area contributed by atoms with Crippen molar-refractivity contribution in [3.63, 3.8) is 0 Å². The van der Waals surface area contributed by atoms with Crippen LogP contribution in [0.4, 0.5) is 5.13 Å². The Balaban J connectivity index is 1.80. The molecular formula is C14H13ClN2S2. The monoisotopic (exact) mass is 308 g/mol. The molecule has 1 aromatic carbocycles. The highest BCUT2D eigenvalue weighted by atomic mass is 35.5. The molecule has 0 saturated heterocycles. The molecule has 19 heavy (non-hydrogen) atoms. The average molecular weight is 309 g/mol. The first kappa shape index (κ1) is 12.9. The number of thiazole rings is 1. The quantitative estimate of drug-likeness (QED) is 0.715. The van der Waals surface area contributed by atoms with Gasteiger partial charge in [0.25, 0.3) is 0 Å². The third-order valence-electron chi connectivity index (χ3n) is 3.00. The molecule has 2 heterocycles. The largest absolute Gasteiger partial charge is 0.357 e. The fourth-order valence-corrected chi connectivity index (χ4v) is 4.03.